The second-order valence-electron chi connectivity index (χ2n) is 6.27. The Balaban J connectivity index is 1.77. The molecule has 0 aliphatic carbocycles. The fourth-order valence-corrected chi connectivity index (χ4v) is 4.32. The maximum absolute atomic E-state index is 13.3. The van der Waals surface area contributed by atoms with Crippen molar-refractivity contribution >= 4 is 69.8 Å². The average molecular weight is 476 g/mol. The van der Waals surface area contributed by atoms with Gasteiger partial charge in [-0.05, 0) is 48.5 Å². The molecule has 4 rings (SSSR count). The SMILES string of the molecule is O=C1C(Nc2ccccc2)=C(Sc2ccc(Cl)cc2)C(=O)N1c1cccc(Cl)c1Cl. The van der Waals surface area contributed by atoms with Gasteiger partial charge in [0.1, 0.15) is 10.6 Å². The van der Waals surface area contributed by atoms with Gasteiger partial charge in [-0.3, -0.25) is 9.59 Å². The summed E-state index contributed by atoms with van der Waals surface area (Å²) in [6, 6.07) is 21.0. The van der Waals surface area contributed by atoms with E-state index in [-0.39, 0.29) is 26.3 Å². The summed E-state index contributed by atoms with van der Waals surface area (Å²) in [5, 5.41) is 4.05. The molecule has 0 aromatic heterocycles. The molecule has 0 saturated carbocycles. The topological polar surface area (TPSA) is 49.4 Å². The van der Waals surface area contributed by atoms with E-state index in [0.29, 0.717) is 10.7 Å². The quantitative estimate of drug-likeness (QED) is 0.420. The minimum Gasteiger partial charge on any atom is -0.350 e. The largest absolute Gasteiger partial charge is 0.350 e. The third-order valence-electron chi connectivity index (χ3n) is 4.29. The normalized spacial score (nSPS) is 13.9. The van der Waals surface area contributed by atoms with Crippen LogP contribution in [0.2, 0.25) is 15.1 Å². The van der Waals surface area contributed by atoms with Crippen LogP contribution in [0.5, 0.6) is 0 Å². The molecule has 4 nitrogen and oxygen atoms in total. The smallest absolute Gasteiger partial charge is 0.283 e. The predicted octanol–water partition coefficient (Wildman–Crippen LogP) is 6.64. The molecule has 2 amide bonds. The first kappa shape index (κ1) is 20.8. The van der Waals surface area contributed by atoms with E-state index in [4.69, 9.17) is 34.8 Å². The highest BCUT2D eigenvalue weighted by Crippen LogP contribution is 2.41. The molecule has 1 aliphatic rings. The molecule has 0 bridgehead atoms. The number of carbonyl (C=O) groups is 2. The van der Waals surface area contributed by atoms with Gasteiger partial charge in [0.15, 0.2) is 0 Å². The number of anilines is 2. The summed E-state index contributed by atoms with van der Waals surface area (Å²) >= 11 is 19.5. The van der Waals surface area contributed by atoms with Crippen molar-refractivity contribution in [1.82, 2.24) is 0 Å². The van der Waals surface area contributed by atoms with Crippen molar-refractivity contribution in [2.24, 2.45) is 0 Å². The van der Waals surface area contributed by atoms with Crippen LogP contribution < -0.4 is 10.2 Å². The second kappa shape index (κ2) is 8.74. The van der Waals surface area contributed by atoms with E-state index in [1.54, 1.807) is 42.5 Å². The summed E-state index contributed by atoms with van der Waals surface area (Å²) in [6.45, 7) is 0. The van der Waals surface area contributed by atoms with Crippen molar-refractivity contribution in [2.45, 2.75) is 4.90 Å². The van der Waals surface area contributed by atoms with Gasteiger partial charge < -0.3 is 5.32 Å². The maximum Gasteiger partial charge on any atom is 0.283 e. The van der Waals surface area contributed by atoms with Gasteiger partial charge in [0, 0.05) is 15.6 Å². The lowest BCUT2D eigenvalue weighted by Crippen LogP contribution is -2.32. The van der Waals surface area contributed by atoms with Crippen LogP contribution in [0.15, 0.2) is 88.3 Å². The first-order valence-electron chi connectivity index (χ1n) is 8.78. The number of amides is 2. The first-order valence-corrected chi connectivity index (χ1v) is 10.7. The lowest BCUT2D eigenvalue weighted by Gasteiger charge is -2.17. The van der Waals surface area contributed by atoms with Gasteiger partial charge in [-0.25, -0.2) is 4.90 Å². The van der Waals surface area contributed by atoms with Crippen molar-refractivity contribution < 1.29 is 9.59 Å². The Kier molecular flexibility index (Phi) is 6.06. The lowest BCUT2D eigenvalue weighted by atomic mass is 10.3. The van der Waals surface area contributed by atoms with E-state index < -0.39 is 11.8 Å². The Hall–Kier alpha value is -2.44. The Morgan fingerprint density at radius 2 is 1.47 bits per heavy atom. The molecule has 8 heteroatoms. The van der Waals surface area contributed by atoms with Gasteiger partial charge in [-0.2, -0.15) is 0 Å². The number of rotatable bonds is 5. The Morgan fingerprint density at radius 3 is 2.17 bits per heavy atom. The molecule has 3 aromatic carbocycles. The highest BCUT2D eigenvalue weighted by molar-refractivity contribution is 8.04. The number of hydrogen-bond donors (Lipinski definition) is 1. The van der Waals surface area contributed by atoms with Gasteiger partial charge in [0.2, 0.25) is 0 Å². The maximum atomic E-state index is 13.3. The summed E-state index contributed by atoms with van der Waals surface area (Å²) in [4.78, 5) is 28.7. The molecule has 30 heavy (non-hydrogen) atoms. The van der Waals surface area contributed by atoms with E-state index in [9.17, 15) is 9.59 Å². The molecular formula is C22H13Cl3N2O2S. The van der Waals surface area contributed by atoms with Crippen molar-refractivity contribution in [1.29, 1.82) is 0 Å². The predicted molar refractivity (Wildman–Crippen MR) is 123 cm³/mol. The summed E-state index contributed by atoms with van der Waals surface area (Å²) in [7, 11) is 0. The molecule has 0 atom stereocenters. The number of imide groups is 1. The molecule has 3 aromatic rings. The number of benzene rings is 3. The monoisotopic (exact) mass is 474 g/mol. The minimum atomic E-state index is -0.510. The molecule has 0 saturated heterocycles. The van der Waals surface area contributed by atoms with Gasteiger partial charge in [0.05, 0.1) is 15.7 Å². The van der Waals surface area contributed by atoms with Crippen molar-refractivity contribution in [3.05, 3.63) is 98.5 Å². The third-order valence-corrected chi connectivity index (χ3v) is 6.44. The van der Waals surface area contributed by atoms with Crippen LogP contribution in [0, 0.1) is 0 Å². The fourth-order valence-electron chi connectivity index (χ4n) is 2.88. The first-order chi connectivity index (χ1) is 14.5. The van der Waals surface area contributed by atoms with E-state index >= 15 is 0 Å². The van der Waals surface area contributed by atoms with Crippen molar-refractivity contribution in [3.8, 4) is 0 Å². The highest BCUT2D eigenvalue weighted by Gasteiger charge is 2.41. The average Bonchev–Trinajstić information content (AvgIpc) is 2.96. The second-order valence-corrected chi connectivity index (χ2v) is 8.58. The van der Waals surface area contributed by atoms with Crippen molar-refractivity contribution in [2.75, 3.05) is 10.2 Å². The number of thioether (sulfide) groups is 1. The van der Waals surface area contributed by atoms with Gasteiger partial charge in [-0.1, -0.05) is 70.8 Å². The number of halogens is 3. The van der Waals surface area contributed by atoms with Crippen LogP contribution >= 0.6 is 46.6 Å². The molecule has 0 radical (unpaired) electrons. The molecule has 150 valence electrons. The number of carbonyl (C=O) groups excluding carboxylic acids is 2. The van der Waals surface area contributed by atoms with Crippen LogP contribution in [0.3, 0.4) is 0 Å². The molecule has 0 unspecified atom stereocenters. The number of nitrogens with zero attached hydrogens (tertiary/aromatic N) is 1. The van der Waals surface area contributed by atoms with Crippen molar-refractivity contribution in [3.63, 3.8) is 0 Å². The van der Waals surface area contributed by atoms with E-state index in [2.05, 4.69) is 5.32 Å². The summed E-state index contributed by atoms with van der Waals surface area (Å²) in [5.41, 5.74) is 1.09. The lowest BCUT2D eigenvalue weighted by molar-refractivity contribution is -0.120. The zero-order valence-electron chi connectivity index (χ0n) is 15.2. The van der Waals surface area contributed by atoms with Crippen LogP contribution in [0.25, 0.3) is 0 Å². The molecule has 1 aliphatic heterocycles. The summed E-state index contributed by atoms with van der Waals surface area (Å²) < 4.78 is 0. The highest BCUT2D eigenvalue weighted by atomic mass is 35.5. The van der Waals surface area contributed by atoms with E-state index in [1.807, 2.05) is 30.3 Å². The molecule has 1 N–H and O–H groups in total. The van der Waals surface area contributed by atoms with Gasteiger partial charge >= 0.3 is 0 Å². The number of hydrogen-bond acceptors (Lipinski definition) is 4. The summed E-state index contributed by atoms with van der Waals surface area (Å²) in [5.74, 6) is -0.993. The van der Waals surface area contributed by atoms with Crippen LogP contribution in [0.4, 0.5) is 11.4 Å². The van der Waals surface area contributed by atoms with Gasteiger partial charge in [0.25, 0.3) is 11.8 Å². The van der Waals surface area contributed by atoms with Gasteiger partial charge in [-0.15, -0.1) is 0 Å². The minimum absolute atomic E-state index is 0.137. The zero-order valence-corrected chi connectivity index (χ0v) is 18.3. The number of nitrogens with one attached hydrogen (secondary N) is 1. The Morgan fingerprint density at radius 1 is 0.767 bits per heavy atom. The third kappa shape index (κ3) is 4.07. The Bertz CT molecular complexity index is 1160. The van der Waals surface area contributed by atoms with Crippen LogP contribution in [0.1, 0.15) is 0 Å². The number of para-hydroxylation sites is 1. The molecular weight excluding hydrogens is 463 g/mol. The van der Waals surface area contributed by atoms with E-state index in [1.165, 1.54) is 11.8 Å². The molecule has 0 fully saturated rings. The van der Waals surface area contributed by atoms with Crippen LogP contribution in [-0.4, -0.2) is 11.8 Å². The standard InChI is InChI=1S/C22H13Cl3N2O2S/c23-13-9-11-15(12-10-13)30-20-19(26-14-5-2-1-3-6-14)21(28)27(22(20)29)17-8-4-7-16(24)18(17)25/h1-12,26H. The fraction of sp³-hybridized carbons (Fsp3) is 0. The van der Waals surface area contributed by atoms with E-state index in [0.717, 1.165) is 9.80 Å². The molecule has 1 heterocycles. The zero-order chi connectivity index (χ0) is 21.3. The molecule has 0 spiro atoms. The Labute approximate surface area is 192 Å². The summed E-state index contributed by atoms with van der Waals surface area (Å²) in [6.07, 6.45) is 0. The van der Waals surface area contributed by atoms with Crippen LogP contribution in [-0.2, 0) is 9.59 Å².